The van der Waals surface area contributed by atoms with Gasteiger partial charge in [-0.05, 0) is 119 Å². The Morgan fingerprint density at radius 1 is 0.474 bits per heavy atom. The van der Waals surface area contributed by atoms with Gasteiger partial charge in [-0.3, -0.25) is 4.99 Å². The minimum Gasteiger partial charge on any atom is -0.264 e. The van der Waals surface area contributed by atoms with Crippen molar-refractivity contribution in [3.05, 3.63) is 192 Å². The van der Waals surface area contributed by atoms with Crippen molar-refractivity contribution in [1.29, 1.82) is 0 Å². The van der Waals surface area contributed by atoms with E-state index in [1.165, 1.54) is 43.8 Å². The van der Waals surface area contributed by atoms with Gasteiger partial charge in [-0.15, -0.1) is 0 Å². The zero-order valence-electron chi connectivity index (χ0n) is 32.2. The highest BCUT2D eigenvalue weighted by molar-refractivity contribution is 6.14. The van der Waals surface area contributed by atoms with E-state index in [-0.39, 0.29) is 0 Å². The fraction of sp³-hybridized carbons (Fsp3) is 0.0566. The summed E-state index contributed by atoms with van der Waals surface area (Å²) in [6.45, 7) is 10.4. The summed E-state index contributed by atoms with van der Waals surface area (Å²) in [7, 11) is 0. The minimum absolute atomic E-state index is 0.599. The molecular formula is C53H40N4. The van der Waals surface area contributed by atoms with E-state index in [4.69, 9.17) is 15.0 Å². The molecule has 4 nitrogen and oxygen atoms in total. The Kier molecular flexibility index (Phi) is 9.37. The highest BCUT2D eigenvalue weighted by Crippen LogP contribution is 2.40. The van der Waals surface area contributed by atoms with Crippen LogP contribution in [-0.2, 0) is 0 Å². The number of aliphatic imine (C=N–C) groups is 1. The topological polar surface area (TPSA) is 51.0 Å². The third-order valence-corrected chi connectivity index (χ3v) is 10.6. The predicted octanol–water partition coefficient (Wildman–Crippen LogP) is 14.0. The van der Waals surface area contributed by atoms with Gasteiger partial charge in [0.15, 0.2) is 17.5 Å². The molecule has 8 aromatic carbocycles. The van der Waals surface area contributed by atoms with Crippen LogP contribution in [0.4, 0.5) is 5.69 Å². The molecule has 0 aliphatic rings. The van der Waals surface area contributed by atoms with Crippen LogP contribution in [0.2, 0.25) is 0 Å². The number of aromatic nitrogens is 3. The molecule has 0 spiro atoms. The largest absolute Gasteiger partial charge is 0.264 e. The molecular weight excluding hydrogens is 693 g/mol. The summed E-state index contributed by atoms with van der Waals surface area (Å²) >= 11 is 0. The van der Waals surface area contributed by atoms with E-state index in [0.717, 1.165) is 50.2 Å². The van der Waals surface area contributed by atoms with Gasteiger partial charge in [-0.25, -0.2) is 15.0 Å². The summed E-state index contributed by atoms with van der Waals surface area (Å²) in [5.41, 5.74) is 13.7. The maximum atomic E-state index is 5.14. The molecule has 272 valence electrons. The molecule has 0 fully saturated rings. The van der Waals surface area contributed by atoms with Gasteiger partial charge in [-0.1, -0.05) is 151 Å². The number of nitrogens with zero attached hydrogens (tertiary/aromatic N) is 4. The standard InChI is InChI=1S/C53H40N4/c1-34-25-35(2)27-42(26-34)36(3)28-41-24-23-39(33-50(41)54-4)43-29-44(49-32-40-19-11-12-20-46(40)47-21-13-14-22-48(47)49)31-45(30-43)53-56-51(37-15-7-5-8-16-37)55-52(57-53)38-17-9-6-10-18-38/h5-33H,4H2,1-3H3/b36-28+. The smallest absolute Gasteiger partial charge is 0.164 e. The fourth-order valence-electron chi connectivity index (χ4n) is 7.81. The van der Waals surface area contributed by atoms with Crippen LogP contribution in [0.15, 0.2) is 175 Å². The second-order valence-corrected chi connectivity index (χ2v) is 14.7. The van der Waals surface area contributed by atoms with Gasteiger partial charge in [0.05, 0.1) is 5.69 Å². The third-order valence-electron chi connectivity index (χ3n) is 10.6. The van der Waals surface area contributed by atoms with E-state index in [9.17, 15) is 0 Å². The summed E-state index contributed by atoms with van der Waals surface area (Å²) in [4.78, 5) is 19.8. The first-order chi connectivity index (χ1) is 27.9. The normalized spacial score (nSPS) is 11.6. The summed E-state index contributed by atoms with van der Waals surface area (Å²) in [6, 6.07) is 59.6. The quantitative estimate of drug-likeness (QED) is 0.0888. The molecule has 0 atom stereocenters. The van der Waals surface area contributed by atoms with Crippen molar-refractivity contribution in [3.63, 3.8) is 0 Å². The molecule has 0 saturated heterocycles. The van der Waals surface area contributed by atoms with E-state index >= 15 is 0 Å². The molecule has 0 aliphatic heterocycles. The minimum atomic E-state index is 0.599. The van der Waals surface area contributed by atoms with E-state index in [0.29, 0.717) is 17.5 Å². The Morgan fingerprint density at radius 3 is 1.67 bits per heavy atom. The van der Waals surface area contributed by atoms with Gasteiger partial charge >= 0.3 is 0 Å². The summed E-state index contributed by atoms with van der Waals surface area (Å²) < 4.78 is 0. The average molecular weight is 733 g/mol. The third kappa shape index (κ3) is 7.17. The Bertz CT molecular complexity index is 2920. The lowest BCUT2D eigenvalue weighted by molar-refractivity contribution is 1.07. The first-order valence-electron chi connectivity index (χ1n) is 19.2. The second-order valence-electron chi connectivity index (χ2n) is 14.7. The van der Waals surface area contributed by atoms with Crippen LogP contribution in [0.5, 0.6) is 0 Å². The maximum Gasteiger partial charge on any atom is 0.164 e. The fourth-order valence-corrected chi connectivity index (χ4v) is 7.81. The van der Waals surface area contributed by atoms with Gasteiger partial charge in [0.25, 0.3) is 0 Å². The molecule has 1 aromatic heterocycles. The van der Waals surface area contributed by atoms with Crippen LogP contribution in [0.25, 0.3) is 89.6 Å². The molecule has 57 heavy (non-hydrogen) atoms. The number of aryl methyl sites for hydroxylation is 2. The lowest BCUT2D eigenvalue weighted by Crippen LogP contribution is -2.00. The Balaban J connectivity index is 1.26. The number of fused-ring (bicyclic) bond motifs is 3. The lowest BCUT2D eigenvalue weighted by atomic mass is 9.90. The second kappa shape index (κ2) is 15.1. The number of hydrogen-bond donors (Lipinski definition) is 0. The molecule has 0 radical (unpaired) electrons. The van der Waals surface area contributed by atoms with Crippen molar-refractivity contribution in [2.45, 2.75) is 20.8 Å². The van der Waals surface area contributed by atoms with Gasteiger partial charge in [0.2, 0.25) is 0 Å². The monoisotopic (exact) mass is 732 g/mol. The molecule has 4 heteroatoms. The van der Waals surface area contributed by atoms with Crippen molar-refractivity contribution in [2.75, 3.05) is 0 Å². The molecule has 0 saturated carbocycles. The van der Waals surface area contributed by atoms with Crippen LogP contribution in [0, 0.1) is 13.8 Å². The SMILES string of the molecule is C=Nc1cc(-c2cc(-c3nc(-c4ccccc4)nc(-c4ccccc4)n3)cc(-c3cc4ccccc4c4ccccc34)c2)ccc1/C=C(\C)c1cc(C)cc(C)c1. The molecule has 0 aliphatic carbocycles. The van der Waals surface area contributed by atoms with Crippen molar-refractivity contribution in [1.82, 2.24) is 15.0 Å². The molecule has 0 N–H and O–H groups in total. The zero-order valence-corrected chi connectivity index (χ0v) is 32.2. The Labute approximate surface area is 333 Å². The van der Waals surface area contributed by atoms with Crippen LogP contribution in [0.1, 0.15) is 29.2 Å². The highest BCUT2D eigenvalue weighted by Gasteiger charge is 2.17. The average Bonchev–Trinajstić information content (AvgIpc) is 3.26. The van der Waals surface area contributed by atoms with Crippen LogP contribution >= 0.6 is 0 Å². The van der Waals surface area contributed by atoms with Crippen molar-refractivity contribution in [3.8, 4) is 56.4 Å². The summed E-state index contributed by atoms with van der Waals surface area (Å²) in [5, 5.41) is 4.81. The van der Waals surface area contributed by atoms with Crippen LogP contribution in [0.3, 0.4) is 0 Å². The van der Waals surface area contributed by atoms with Crippen molar-refractivity contribution >= 4 is 45.6 Å². The molecule has 1 heterocycles. The summed E-state index contributed by atoms with van der Waals surface area (Å²) in [5.74, 6) is 1.84. The predicted molar refractivity (Wildman–Crippen MR) is 241 cm³/mol. The zero-order chi connectivity index (χ0) is 38.9. The van der Waals surface area contributed by atoms with E-state index < -0.39 is 0 Å². The van der Waals surface area contributed by atoms with Gasteiger partial charge in [0.1, 0.15) is 0 Å². The van der Waals surface area contributed by atoms with Crippen LogP contribution < -0.4 is 0 Å². The molecule has 0 amide bonds. The molecule has 9 rings (SSSR count). The van der Waals surface area contributed by atoms with Gasteiger partial charge in [-0.2, -0.15) is 0 Å². The molecule has 9 aromatic rings. The Morgan fingerprint density at radius 2 is 1.02 bits per heavy atom. The first-order valence-corrected chi connectivity index (χ1v) is 19.2. The number of hydrogen-bond acceptors (Lipinski definition) is 4. The highest BCUT2D eigenvalue weighted by atomic mass is 15.0. The van der Waals surface area contributed by atoms with Crippen molar-refractivity contribution in [2.24, 2.45) is 4.99 Å². The van der Waals surface area contributed by atoms with Crippen LogP contribution in [-0.4, -0.2) is 21.7 Å². The van der Waals surface area contributed by atoms with E-state index in [2.05, 4.69) is 148 Å². The number of rotatable bonds is 8. The van der Waals surface area contributed by atoms with Crippen molar-refractivity contribution < 1.29 is 0 Å². The maximum absolute atomic E-state index is 5.14. The first kappa shape index (κ1) is 35.4. The Hall–Kier alpha value is -7.30. The summed E-state index contributed by atoms with van der Waals surface area (Å²) in [6.07, 6.45) is 2.20. The van der Waals surface area contributed by atoms with Gasteiger partial charge in [0, 0.05) is 22.3 Å². The molecule has 0 unspecified atom stereocenters. The van der Waals surface area contributed by atoms with Gasteiger partial charge < -0.3 is 0 Å². The molecule has 0 bridgehead atoms. The number of benzene rings is 8. The number of allylic oxidation sites excluding steroid dienone is 1. The lowest BCUT2D eigenvalue weighted by Gasteiger charge is -2.15. The van der Waals surface area contributed by atoms with E-state index in [1.54, 1.807) is 0 Å². The van der Waals surface area contributed by atoms with E-state index in [1.807, 2.05) is 60.7 Å².